The van der Waals surface area contributed by atoms with E-state index in [-0.39, 0.29) is 11.6 Å². The molecular formula is C13H16N2O4. The number of hydrogen-bond donors (Lipinski definition) is 2. The van der Waals surface area contributed by atoms with Crippen LogP contribution in [0.3, 0.4) is 0 Å². The SMILES string of the molecule is CC(O)CCNC(=O)C=Cc1ccccc1[N+](=O)[O-]. The number of rotatable bonds is 6. The Morgan fingerprint density at radius 2 is 2.21 bits per heavy atom. The minimum Gasteiger partial charge on any atom is -0.393 e. The van der Waals surface area contributed by atoms with Crippen molar-refractivity contribution in [3.8, 4) is 0 Å². The molecule has 0 fully saturated rings. The van der Waals surface area contributed by atoms with E-state index < -0.39 is 11.0 Å². The molecule has 2 N–H and O–H groups in total. The van der Waals surface area contributed by atoms with E-state index in [1.54, 1.807) is 25.1 Å². The van der Waals surface area contributed by atoms with E-state index in [1.165, 1.54) is 18.2 Å². The fourth-order valence-corrected chi connectivity index (χ4v) is 1.42. The molecule has 1 unspecified atom stereocenters. The number of carbonyl (C=O) groups is 1. The summed E-state index contributed by atoms with van der Waals surface area (Å²) in [5.74, 6) is -0.348. The van der Waals surface area contributed by atoms with Crippen LogP contribution in [0.15, 0.2) is 30.3 Å². The predicted octanol–water partition coefficient (Wildman–Crippen LogP) is 1.50. The highest BCUT2D eigenvalue weighted by atomic mass is 16.6. The maximum atomic E-state index is 11.4. The normalized spacial score (nSPS) is 12.3. The van der Waals surface area contributed by atoms with Crippen LogP contribution in [0.5, 0.6) is 0 Å². The Hall–Kier alpha value is -2.21. The molecule has 1 amide bonds. The van der Waals surface area contributed by atoms with Crippen LogP contribution in [0.4, 0.5) is 5.69 Å². The minimum absolute atomic E-state index is 0.0458. The average Bonchev–Trinajstić information content (AvgIpc) is 2.36. The van der Waals surface area contributed by atoms with Crippen molar-refractivity contribution in [3.63, 3.8) is 0 Å². The standard InChI is InChI=1S/C13H16N2O4/c1-10(16)8-9-14-13(17)7-6-11-4-2-3-5-12(11)15(18)19/h2-7,10,16H,8-9H2,1H3,(H,14,17). The van der Waals surface area contributed by atoms with Gasteiger partial charge in [0.15, 0.2) is 0 Å². The second kappa shape index (κ2) is 7.27. The van der Waals surface area contributed by atoms with E-state index in [9.17, 15) is 14.9 Å². The molecule has 6 nitrogen and oxygen atoms in total. The van der Waals surface area contributed by atoms with Crippen LogP contribution in [0, 0.1) is 10.1 Å². The van der Waals surface area contributed by atoms with Gasteiger partial charge in [-0.15, -0.1) is 0 Å². The number of carbonyl (C=O) groups excluding carboxylic acids is 1. The first-order valence-electron chi connectivity index (χ1n) is 5.88. The summed E-state index contributed by atoms with van der Waals surface area (Å²) in [6.45, 7) is 1.99. The predicted molar refractivity (Wildman–Crippen MR) is 71.4 cm³/mol. The molecule has 1 rings (SSSR count). The summed E-state index contributed by atoms with van der Waals surface area (Å²) in [7, 11) is 0. The van der Waals surface area contributed by atoms with Gasteiger partial charge in [-0.3, -0.25) is 14.9 Å². The molecule has 0 aliphatic heterocycles. The summed E-state index contributed by atoms with van der Waals surface area (Å²) in [5, 5.41) is 22.4. The molecule has 102 valence electrons. The van der Waals surface area contributed by atoms with Crippen LogP contribution in [-0.4, -0.2) is 28.6 Å². The van der Waals surface area contributed by atoms with Crippen LogP contribution in [0.2, 0.25) is 0 Å². The zero-order valence-corrected chi connectivity index (χ0v) is 10.6. The molecule has 0 radical (unpaired) electrons. The van der Waals surface area contributed by atoms with Gasteiger partial charge >= 0.3 is 0 Å². The van der Waals surface area contributed by atoms with E-state index in [1.807, 2.05) is 0 Å². The van der Waals surface area contributed by atoms with Gasteiger partial charge in [0.05, 0.1) is 16.6 Å². The first kappa shape index (κ1) is 14.8. The number of hydrogen-bond acceptors (Lipinski definition) is 4. The Kier molecular flexibility index (Phi) is 5.69. The van der Waals surface area contributed by atoms with Gasteiger partial charge in [-0.2, -0.15) is 0 Å². The molecule has 0 aliphatic carbocycles. The van der Waals surface area contributed by atoms with Crippen molar-refractivity contribution in [3.05, 3.63) is 46.0 Å². The number of amides is 1. The third-order valence-electron chi connectivity index (χ3n) is 2.41. The van der Waals surface area contributed by atoms with Gasteiger partial charge < -0.3 is 10.4 Å². The van der Waals surface area contributed by atoms with Crippen molar-refractivity contribution in [1.82, 2.24) is 5.32 Å². The van der Waals surface area contributed by atoms with E-state index in [4.69, 9.17) is 5.11 Å². The second-order valence-electron chi connectivity index (χ2n) is 4.08. The molecule has 0 bridgehead atoms. The number of nitro groups is 1. The van der Waals surface area contributed by atoms with E-state index >= 15 is 0 Å². The fourth-order valence-electron chi connectivity index (χ4n) is 1.42. The zero-order valence-electron chi connectivity index (χ0n) is 10.6. The Balaban J connectivity index is 2.61. The molecule has 1 atom stereocenters. The molecule has 0 spiro atoms. The summed E-state index contributed by atoms with van der Waals surface area (Å²) >= 11 is 0. The largest absolute Gasteiger partial charge is 0.393 e. The highest BCUT2D eigenvalue weighted by molar-refractivity contribution is 5.92. The van der Waals surface area contributed by atoms with Gasteiger partial charge in [0.1, 0.15) is 0 Å². The number of para-hydroxylation sites is 1. The van der Waals surface area contributed by atoms with Crippen molar-refractivity contribution < 1.29 is 14.8 Å². The third-order valence-corrected chi connectivity index (χ3v) is 2.41. The summed E-state index contributed by atoms with van der Waals surface area (Å²) in [6, 6.07) is 6.18. The Bertz CT molecular complexity index is 483. The van der Waals surface area contributed by atoms with Crippen molar-refractivity contribution >= 4 is 17.7 Å². The van der Waals surface area contributed by atoms with Crippen LogP contribution in [-0.2, 0) is 4.79 Å². The number of nitro benzene ring substituents is 1. The zero-order chi connectivity index (χ0) is 14.3. The van der Waals surface area contributed by atoms with Gasteiger partial charge in [-0.1, -0.05) is 12.1 Å². The maximum absolute atomic E-state index is 11.4. The molecular weight excluding hydrogens is 248 g/mol. The molecule has 0 aromatic heterocycles. The lowest BCUT2D eigenvalue weighted by molar-refractivity contribution is -0.385. The minimum atomic E-state index is -0.495. The lowest BCUT2D eigenvalue weighted by Crippen LogP contribution is -2.24. The number of nitrogens with one attached hydrogen (secondary N) is 1. The highest BCUT2D eigenvalue weighted by Gasteiger charge is 2.09. The Labute approximate surface area is 110 Å². The van der Waals surface area contributed by atoms with Gasteiger partial charge in [0, 0.05) is 18.7 Å². The van der Waals surface area contributed by atoms with E-state index in [0.717, 1.165) is 0 Å². The van der Waals surface area contributed by atoms with Crippen molar-refractivity contribution in [2.45, 2.75) is 19.4 Å². The molecule has 0 saturated heterocycles. The van der Waals surface area contributed by atoms with Gasteiger partial charge in [-0.25, -0.2) is 0 Å². The number of aliphatic hydroxyl groups is 1. The maximum Gasteiger partial charge on any atom is 0.276 e. The topological polar surface area (TPSA) is 92.5 Å². The number of aliphatic hydroxyl groups excluding tert-OH is 1. The number of benzene rings is 1. The first-order chi connectivity index (χ1) is 9.00. The summed E-state index contributed by atoms with van der Waals surface area (Å²) < 4.78 is 0. The van der Waals surface area contributed by atoms with Gasteiger partial charge in [-0.05, 0) is 25.5 Å². The van der Waals surface area contributed by atoms with E-state index in [2.05, 4.69) is 5.32 Å². The fraction of sp³-hybridized carbons (Fsp3) is 0.308. The quantitative estimate of drug-likeness (QED) is 0.462. The van der Waals surface area contributed by atoms with Crippen LogP contribution < -0.4 is 5.32 Å². The first-order valence-corrected chi connectivity index (χ1v) is 5.88. The molecule has 0 saturated carbocycles. The number of nitrogens with zero attached hydrogens (tertiary/aromatic N) is 1. The molecule has 0 aliphatic rings. The summed E-state index contributed by atoms with van der Waals surface area (Å²) in [6.07, 6.45) is 2.63. The summed E-state index contributed by atoms with van der Waals surface area (Å²) in [5.41, 5.74) is 0.328. The molecule has 1 aromatic rings. The lowest BCUT2D eigenvalue weighted by atomic mass is 10.1. The third kappa shape index (κ3) is 5.31. The van der Waals surface area contributed by atoms with Crippen molar-refractivity contribution in [1.29, 1.82) is 0 Å². The van der Waals surface area contributed by atoms with Crippen LogP contribution in [0.25, 0.3) is 6.08 Å². The molecule has 0 heterocycles. The molecule has 6 heteroatoms. The van der Waals surface area contributed by atoms with E-state index in [0.29, 0.717) is 18.5 Å². The summed E-state index contributed by atoms with van der Waals surface area (Å²) in [4.78, 5) is 21.7. The Morgan fingerprint density at radius 3 is 2.84 bits per heavy atom. The van der Waals surface area contributed by atoms with Gasteiger partial charge in [0.2, 0.25) is 5.91 Å². The van der Waals surface area contributed by atoms with Crippen molar-refractivity contribution in [2.75, 3.05) is 6.54 Å². The van der Waals surface area contributed by atoms with Gasteiger partial charge in [0.25, 0.3) is 5.69 Å². The highest BCUT2D eigenvalue weighted by Crippen LogP contribution is 2.18. The van der Waals surface area contributed by atoms with Crippen LogP contribution in [0.1, 0.15) is 18.9 Å². The van der Waals surface area contributed by atoms with Crippen molar-refractivity contribution in [2.24, 2.45) is 0 Å². The Morgan fingerprint density at radius 1 is 1.53 bits per heavy atom. The average molecular weight is 264 g/mol. The molecule has 19 heavy (non-hydrogen) atoms. The second-order valence-corrected chi connectivity index (χ2v) is 4.08. The smallest absolute Gasteiger partial charge is 0.276 e. The monoisotopic (exact) mass is 264 g/mol. The molecule has 1 aromatic carbocycles. The van der Waals surface area contributed by atoms with Crippen LogP contribution >= 0.6 is 0 Å². The lowest BCUT2D eigenvalue weighted by Gasteiger charge is -2.04.